The van der Waals surface area contributed by atoms with Crippen LogP contribution in [-0.2, 0) is 15.6 Å². The average Bonchev–Trinajstić information content (AvgIpc) is 3.24. The van der Waals surface area contributed by atoms with Crippen molar-refractivity contribution in [3.8, 4) is 0 Å². The van der Waals surface area contributed by atoms with Crippen LogP contribution in [0.15, 0.2) is 33.7 Å². The van der Waals surface area contributed by atoms with Crippen LogP contribution in [0.2, 0.25) is 0 Å². The minimum absolute atomic E-state index is 0. The monoisotopic (exact) mass is 400 g/mol. The van der Waals surface area contributed by atoms with E-state index in [0.717, 1.165) is 31.2 Å². The summed E-state index contributed by atoms with van der Waals surface area (Å²) in [4.78, 5) is 4.77. The van der Waals surface area contributed by atoms with Gasteiger partial charge in [-0.25, -0.2) is 12.7 Å². The van der Waals surface area contributed by atoms with Gasteiger partial charge in [-0.3, -0.25) is 0 Å². The Morgan fingerprint density at radius 3 is 2.31 bits per heavy atom. The molecule has 144 valence electrons. The van der Waals surface area contributed by atoms with Gasteiger partial charge in [0.2, 0.25) is 15.9 Å². The number of benzene rings is 1. The summed E-state index contributed by atoms with van der Waals surface area (Å²) in [5, 5.41) is 4.08. The second-order valence-electron chi connectivity index (χ2n) is 6.90. The van der Waals surface area contributed by atoms with E-state index in [2.05, 4.69) is 10.1 Å². The smallest absolute Gasteiger partial charge is 0.242 e. The van der Waals surface area contributed by atoms with Crippen LogP contribution in [0.1, 0.15) is 55.8 Å². The summed E-state index contributed by atoms with van der Waals surface area (Å²) in [6, 6.07) is 6.75. The van der Waals surface area contributed by atoms with E-state index in [0.29, 0.717) is 11.7 Å². The number of rotatable bonds is 5. The van der Waals surface area contributed by atoms with Crippen LogP contribution in [0.25, 0.3) is 0 Å². The van der Waals surface area contributed by atoms with Crippen LogP contribution in [0.5, 0.6) is 0 Å². The molecule has 1 heterocycles. The van der Waals surface area contributed by atoms with E-state index in [1.807, 2.05) is 6.92 Å². The third-order valence-electron chi connectivity index (χ3n) is 4.91. The molecule has 1 fully saturated rings. The molecule has 1 aliphatic carbocycles. The maximum atomic E-state index is 12.1. The van der Waals surface area contributed by atoms with Gasteiger partial charge < -0.3 is 10.3 Å². The van der Waals surface area contributed by atoms with Crippen LogP contribution >= 0.6 is 12.4 Å². The topological polar surface area (TPSA) is 102 Å². The van der Waals surface area contributed by atoms with Crippen molar-refractivity contribution in [3.05, 3.63) is 41.5 Å². The van der Waals surface area contributed by atoms with E-state index in [1.165, 1.54) is 18.4 Å². The maximum Gasteiger partial charge on any atom is 0.242 e. The van der Waals surface area contributed by atoms with Gasteiger partial charge >= 0.3 is 0 Å². The second kappa shape index (κ2) is 7.64. The molecular weight excluding hydrogens is 376 g/mol. The van der Waals surface area contributed by atoms with E-state index in [-0.39, 0.29) is 23.2 Å². The van der Waals surface area contributed by atoms with Gasteiger partial charge in [-0.05, 0) is 37.5 Å². The predicted molar refractivity (Wildman–Crippen MR) is 101 cm³/mol. The van der Waals surface area contributed by atoms with Gasteiger partial charge in [0.25, 0.3) is 0 Å². The lowest BCUT2D eigenvalue weighted by molar-refractivity contribution is 0.344. The number of nitrogens with zero attached hydrogens (tertiary/aromatic N) is 3. The van der Waals surface area contributed by atoms with Gasteiger partial charge in [0, 0.05) is 14.1 Å². The lowest BCUT2D eigenvalue weighted by atomic mass is 9.98. The first-order valence-electron chi connectivity index (χ1n) is 8.39. The Morgan fingerprint density at radius 2 is 1.77 bits per heavy atom. The molecule has 3 rings (SSSR count). The molecule has 1 aromatic carbocycles. The van der Waals surface area contributed by atoms with Crippen LogP contribution in [0, 0.1) is 0 Å². The first kappa shape index (κ1) is 20.8. The Labute approximate surface area is 160 Å². The van der Waals surface area contributed by atoms with E-state index in [4.69, 9.17) is 10.3 Å². The lowest BCUT2D eigenvalue weighted by Crippen LogP contribution is -2.34. The molecule has 1 saturated carbocycles. The number of hydrogen-bond donors (Lipinski definition) is 1. The predicted octanol–water partition coefficient (Wildman–Crippen LogP) is 2.62. The Morgan fingerprint density at radius 1 is 1.19 bits per heavy atom. The molecule has 0 bridgehead atoms. The molecule has 0 saturated heterocycles. The molecule has 1 unspecified atom stereocenters. The van der Waals surface area contributed by atoms with Gasteiger partial charge in [-0.1, -0.05) is 30.1 Å². The summed E-state index contributed by atoms with van der Waals surface area (Å²) in [5.41, 5.74) is 6.80. The molecular formula is C17H25ClN4O3S. The van der Waals surface area contributed by atoms with E-state index < -0.39 is 15.6 Å². The summed E-state index contributed by atoms with van der Waals surface area (Å²) < 4.78 is 30.9. The second-order valence-corrected chi connectivity index (χ2v) is 9.05. The third-order valence-corrected chi connectivity index (χ3v) is 6.74. The van der Waals surface area contributed by atoms with Gasteiger partial charge in [-0.2, -0.15) is 4.98 Å². The number of sulfonamides is 1. The van der Waals surface area contributed by atoms with Crippen molar-refractivity contribution in [2.75, 3.05) is 14.1 Å². The highest BCUT2D eigenvalue weighted by atomic mass is 35.5. The van der Waals surface area contributed by atoms with Crippen molar-refractivity contribution in [1.29, 1.82) is 0 Å². The molecule has 0 radical (unpaired) electrons. The summed E-state index contributed by atoms with van der Waals surface area (Å²) >= 11 is 0. The molecule has 0 aliphatic heterocycles. The maximum absolute atomic E-state index is 12.1. The van der Waals surface area contributed by atoms with Crippen LogP contribution < -0.4 is 5.73 Å². The first-order chi connectivity index (χ1) is 11.7. The van der Waals surface area contributed by atoms with Crippen LogP contribution in [0.4, 0.5) is 0 Å². The first-order valence-corrected chi connectivity index (χ1v) is 9.83. The number of hydrogen-bond acceptors (Lipinski definition) is 6. The summed E-state index contributed by atoms with van der Waals surface area (Å²) in [7, 11) is -0.411. The van der Waals surface area contributed by atoms with E-state index in [9.17, 15) is 8.42 Å². The highest BCUT2D eigenvalue weighted by molar-refractivity contribution is 7.89. The Hall–Kier alpha value is -1.48. The Balaban J connectivity index is 0.00000243. The summed E-state index contributed by atoms with van der Waals surface area (Å²) in [6.45, 7) is 1.95. The van der Waals surface area contributed by atoms with E-state index >= 15 is 0 Å². The summed E-state index contributed by atoms with van der Waals surface area (Å²) in [6.07, 6.45) is 3.91. The fourth-order valence-corrected chi connectivity index (χ4v) is 4.03. The SMILES string of the molecule is CC(c1ccc(S(=O)(=O)N(C)C)cc1)c1nc(C2(N)CCCC2)no1.Cl. The van der Waals surface area contributed by atoms with Gasteiger partial charge in [0.1, 0.15) is 0 Å². The molecule has 0 spiro atoms. The number of nitrogens with two attached hydrogens (primary N) is 1. The van der Waals surface area contributed by atoms with Crippen molar-refractivity contribution in [3.63, 3.8) is 0 Å². The standard InChI is InChI=1S/C17H24N4O3S.ClH/c1-12(13-6-8-14(9-7-13)25(22,23)21(2)3)15-19-16(20-24-15)17(18)10-4-5-11-17;/h6-9,12H,4-5,10-11,18H2,1-3H3;1H. The van der Waals surface area contributed by atoms with Gasteiger partial charge in [0.15, 0.2) is 5.82 Å². The fraction of sp³-hybridized carbons (Fsp3) is 0.529. The molecule has 7 nitrogen and oxygen atoms in total. The molecule has 1 aliphatic rings. The highest BCUT2D eigenvalue weighted by Crippen LogP contribution is 2.35. The van der Waals surface area contributed by atoms with Crippen molar-refractivity contribution >= 4 is 22.4 Å². The molecule has 1 aromatic heterocycles. The number of aromatic nitrogens is 2. The van der Waals surface area contributed by atoms with E-state index in [1.54, 1.807) is 24.3 Å². The summed E-state index contributed by atoms with van der Waals surface area (Å²) in [5.74, 6) is 0.927. The lowest BCUT2D eigenvalue weighted by Gasteiger charge is -2.17. The molecule has 2 aromatic rings. The minimum atomic E-state index is -3.43. The Bertz CT molecular complexity index is 843. The molecule has 26 heavy (non-hydrogen) atoms. The van der Waals surface area contributed by atoms with Crippen molar-refractivity contribution in [2.24, 2.45) is 5.73 Å². The minimum Gasteiger partial charge on any atom is -0.339 e. The molecule has 1 atom stereocenters. The zero-order valence-corrected chi connectivity index (χ0v) is 16.8. The fourth-order valence-electron chi connectivity index (χ4n) is 3.12. The molecule has 0 amide bonds. The van der Waals surface area contributed by atoms with Crippen molar-refractivity contribution in [1.82, 2.24) is 14.4 Å². The average molecular weight is 401 g/mol. The Kier molecular flexibility index (Phi) is 6.12. The largest absolute Gasteiger partial charge is 0.339 e. The van der Waals surface area contributed by atoms with Crippen molar-refractivity contribution < 1.29 is 12.9 Å². The zero-order valence-electron chi connectivity index (χ0n) is 15.2. The highest BCUT2D eigenvalue weighted by Gasteiger charge is 2.36. The van der Waals surface area contributed by atoms with Crippen molar-refractivity contribution in [2.45, 2.75) is 49.0 Å². The van der Waals surface area contributed by atoms with Gasteiger partial charge in [-0.15, -0.1) is 12.4 Å². The zero-order chi connectivity index (χ0) is 18.2. The third kappa shape index (κ3) is 3.78. The quantitative estimate of drug-likeness (QED) is 0.827. The van der Waals surface area contributed by atoms with Gasteiger partial charge in [0.05, 0.1) is 16.4 Å². The molecule has 2 N–H and O–H groups in total. The van der Waals surface area contributed by atoms with Crippen LogP contribution in [0.3, 0.4) is 0 Å². The number of halogens is 1. The normalized spacial score (nSPS) is 17.9. The van der Waals surface area contributed by atoms with Crippen LogP contribution in [-0.4, -0.2) is 37.0 Å². The molecule has 9 heteroatoms.